The molecule has 0 spiro atoms. The number of halogens is 1. The van der Waals surface area contributed by atoms with Crippen molar-refractivity contribution in [3.8, 4) is 0 Å². The van der Waals surface area contributed by atoms with Crippen LogP contribution in [0, 0.1) is 13.8 Å². The van der Waals surface area contributed by atoms with Crippen molar-refractivity contribution in [1.82, 2.24) is 15.1 Å². The van der Waals surface area contributed by atoms with Gasteiger partial charge in [0.1, 0.15) is 5.76 Å². The summed E-state index contributed by atoms with van der Waals surface area (Å²) < 4.78 is 7.27. The van der Waals surface area contributed by atoms with Crippen LogP contribution in [0.25, 0.3) is 0 Å². The van der Waals surface area contributed by atoms with E-state index in [1.807, 2.05) is 30.7 Å². The lowest BCUT2D eigenvalue weighted by atomic mass is 10.2. The molecule has 0 aliphatic heterocycles. The van der Waals surface area contributed by atoms with Crippen molar-refractivity contribution in [2.24, 2.45) is 0 Å². The molecule has 0 bridgehead atoms. The van der Waals surface area contributed by atoms with Gasteiger partial charge in [-0.15, -0.1) is 0 Å². The predicted octanol–water partition coefficient (Wildman–Crippen LogP) is 3.10. The predicted molar refractivity (Wildman–Crippen MR) is 71.8 cm³/mol. The zero-order chi connectivity index (χ0) is 13.1. The molecular weight excluding hydrogens is 250 g/mol. The summed E-state index contributed by atoms with van der Waals surface area (Å²) in [7, 11) is 0. The fraction of sp³-hybridized carbons (Fsp3) is 0.462. The van der Waals surface area contributed by atoms with Crippen LogP contribution in [0.15, 0.2) is 22.8 Å². The van der Waals surface area contributed by atoms with Gasteiger partial charge in [-0.2, -0.15) is 5.10 Å². The Bertz CT molecular complexity index is 505. The van der Waals surface area contributed by atoms with Gasteiger partial charge in [-0.05, 0) is 32.9 Å². The first kappa shape index (κ1) is 13.2. The minimum Gasteiger partial charge on any atom is -0.468 e. The summed E-state index contributed by atoms with van der Waals surface area (Å²) in [6, 6.07) is 4.07. The van der Waals surface area contributed by atoms with Crippen LogP contribution < -0.4 is 5.32 Å². The van der Waals surface area contributed by atoms with Gasteiger partial charge < -0.3 is 9.73 Å². The van der Waals surface area contributed by atoms with Gasteiger partial charge in [0.25, 0.3) is 0 Å². The lowest BCUT2D eigenvalue weighted by Crippen LogP contribution is -2.23. The molecule has 0 radical (unpaired) electrons. The van der Waals surface area contributed by atoms with Crippen LogP contribution in [0.1, 0.15) is 30.1 Å². The average molecular weight is 268 g/mol. The molecule has 1 atom stereocenters. The molecule has 0 saturated carbocycles. The van der Waals surface area contributed by atoms with Crippen molar-refractivity contribution in [3.05, 3.63) is 40.6 Å². The average Bonchev–Trinajstić information content (AvgIpc) is 2.95. The zero-order valence-electron chi connectivity index (χ0n) is 10.9. The van der Waals surface area contributed by atoms with Gasteiger partial charge in [-0.25, -0.2) is 0 Å². The van der Waals surface area contributed by atoms with Gasteiger partial charge in [0, 0.05) is 6.54 Å². The molecule has 4 nitrogen and oxygen atoms in total. The van der Waals surface area contributed by atoms with Gasteiger partial charge >= 0.3 is 0 Å². The number of aryl methyl sites for hydroxylation is 1. The molecule has 2 aromatic rings. The third-order valence-corrected chi connectivity index (χ3v) is 3.58. The summed E-state index contributed by atoms with van der Waals surface area (Å²) in [6.45, 7) is 7.60. The first-order valence-corrected chi connectivity index (χ1v) is 6.43. The Labute approximate surface area is 112 Å². The molecule has 98 valence electrons. The minimum absolute atomic E-state index is 0.201. The maximum atomic E-state index is 6.10. The molecule has 2 aromatic heterocycles. The highest BCUT2D eigenvalue weighted by atomic mass is 35.5. The van der Waals surface area contributed by atoms with E-state index in [4.69, 9.17) is 16.0 Å². The zero-order valence-corrected chi connectivity index (χ0v) is 11.7. The van der Waals surface area contributed by atoms with Gasteiger partial charge in [-0.1, -0.05) is 11.6 Å². The van der Waals surface area contributed by atoms with E-state index in [0.717, 1.165) is 35.3 Å². The Kier molecular flexibility index (Phi) is 4.09. The maximum Gasteiger partial charge on any atom is 0.120 e. The monoisotopic (exact) mass is 267 g/mol. The fourth-order valence-electron chi connectivity index (χ4n) is 1.92. The molecule has 5 heteroatoms. The number of nitrogens with one attached hydrogen (secondary N) is 1. The van der Waals surface area contributed by atoms with Crippen molar-refractivity contribution < 1.29 is 4.42 Å². The van der Waals surface area contributed by atoms with E-state index in [1.54, 1.807) is 6.26 Å². The summed E-state index contributed by atoms with van der Waals surface area (Å²) in [4.78, 5) is 0. The molecule has 2 rings (SSSR count). The molecule has 1 N–H and O–H groups in total. The summed E-state index contributed by atoms with van der Waals surface area (Å²) >= 11 is 6.10. The van der Waals surface area contributed by atoms with Crippen LogP contribution in [-0.4, -0.2) is 16.3 Å². The van der Waals surface area contributed by atoms with Crippen molar-refractivity contribution in [2.45, 2.75) is 33.4 Å². The second-order valence-corrected chi connectivity index (χ2v) is 4.78. The quantitative estimate of drug-likeness (QED) is 0.905. The summed E-state index contributed by atoms with van der Waals surface area (Å²) in [6.07, 6.45) is 1.69. The smallest absolute Gasteiger partial charge is 0.120 e. The largest absolute Gasteiger partial charge is 0.468 e. The number of hydrogen-bond donors (Lipinski definition) is 1. The van der Waals surface area contributed by atoms with Gasteiger partial charge in [0.05, 0.1) is 35.3 Å². The first-order valence-electron chi connectivity index (χ1n) is 6.06. The van der Waals surface area contributed by atoms with Crippen LogP contribution in [0.5, 0.6) is 0 Å². The van der Waals surface area contributed by atoms with Gasteiger partial charge in [-0.3, -0.25) is 4.68 Å². The van der Waals surface area contributed by atoms with Crippen LogP contribution >= 0.6 is 11.6 Å². The molecule has 0 aliphatic rings. The van der Waals surface area contributed by atoms with Crippen molar-refractivity contribution >= 4 is 11.6 Å². The number of hydrogen-bond acceptors (Lipinski definition) is 3. The summed E-state index contributed by atoms with van der Waals surface area (Å²) in [5.41, 5.74) is 1.90. The number of nitrogens with zero attached hydrogens (tertiary/aromatic N) is 2. The Morgan fingerprint density at radius 3 is 2.83 bits per heavy atom. The SMILES string of the molecule is Cc1nn(CCNC(C)c2ccco2)c(C)c1Cl. The highest BCUT2D eigenvalue weighted by Gasteiger charge is 2.10. The molecule has 0 aliphatic carbocycles. The third-order valence-electron chi connectivity index (χ3n) is 3.04. The second kappa shape index (κ2) is 5.59. The first-order chi connectivity index (χ1) is 8.59. The van der Waals surface area contributed by atoms with Crippen molar-refractivity contribution in [3.63, 3.8) is 0 Å². The van der Waals surface area contributed by atoms with Crippen molar-refractivity contribution in [1.29, 1.82) is 0 Å². The lowest BCUT2D eigenvalue weighted by Gasteiger charge is -2.11. The molecule has 0 amide bonds. The molecule has 0 aromatic carbocycles. The number of aromatic nitrogens is 2. The molecular formula is C13H18ClN3O. The normalized spacial score (nSPS) is 12.9. The fourth-order valence-corrected chi connectivity index (χ4v) is 2.05. The second-order valence-electron chi connectivity index (χ2n) is 4.40. The molecule has 0 saturated heterocycles. The molecule has 0 fully saturated rings. The van der Waals surface area contributed by atoms with Crippen LogP contribution in [-0.2, 0) is 6.54 Å². The van der Waals surface area contributed by atoms with Gasteiger partial charge in [0.2, 0.25) is 0 Å². The summed E-state index contributed by atoms with van der Waals surface area (Å²) in [5, 5.41) is 8.54. The minimum atomic E-state index is 0.201. The highest BCUT2D eigenvalue weighted by molar-refractivity contribution is 6.31. The number of furan rings is 1. The van der Waals surface area contributed by atoms with E-state index in [9.17, 15) is 0 Å². The van der Waals surface area contributed by atoms with Crippen molar-refractivity contribution in [2.75, 3.05) is 6.54 Å². The Hall–Kier alpha value is -1.26. The van der Waals surface area contributed by atoms with Gasteiger partial charge in [0.15, 0.2) is 0 Å². The Balaban J connectivity index is 1.87. The van der Waals surface area contributed by atoms with E-state index >= 15 is 0 Å². The molecule has 2 heterocycles. The third kappa shape index (κ3) is 2.76. The van der Waals surface area contributed by atoms with E-state index < -0.39 is 0 Å². The topological polar surface area (TPSA) is 43.0 Å². The van der Waals surface area contributed by atoms with Crippen LogP contribution in [0.4, 0.5) is 0 Å². The van der Waals surface area contributed by atoms with E-state index in [-0.39, 0.29) is 6.04 Å². The van der Waals surface area contributed by atoms with Crippen LogP contribution in [0.3, 0.4) is 0 Å². The lowest BCUT2D eigenvalue weighted by molar-refractivity contribution is 0.417. The van der Waals surface area contributed by atoms with E-state index in [0.29, 0.717) is 0 Å². The highest BCUT2D eigenvalue weighted by Crippen LogP contribution is 2.18. The standard InChI is InChI=1S/C13H18ClN3O/c1-9(12-5-4-8-18-12)15-6-7-17-11(3)13(14)10(2)16-17/h4-5,8-9,15H,6-7H2,1-3H3. The maximum absolute atomic E-state index is 6.10. The Morgan fingerprint density at radius 2 is 2.28 bits per heavy atom. The molecule has 1 unspecified atom stereocenters. The number of rotatable bonds is 5. The van der Waals surface area contributed by atoms with E-state index in [2.05, 4.69) is 17.3 Å². The molecule has 18 heavy (non-hydrogen) atoms. The summed E-state index contributed by atoms with van der Waals surface area (Å²) in [5.74, 6) is 0.946. The van der Waals surface area contributed by atoms with E-state index in [1.165, 1.54) is 0 Å². The Morgan fingerprint density at radius 1 is 1.50 bits per heavy atom. The van der Waals surface area contributed by atoms with Crippen LogP contribution in [0.2, 0.25) is 5.02 Å².